The largest absolute Gasteiger partial charge is 0.362 e. The van der Waals surface area contributed by atoms with Gasteiger partial charge in [0.25, 0.3) is 5.82 Å². The first-order valence-corrected chi connectivity index (χ1v) is 10.6. The molecule has 2 heterocycles. The monoisotopic (exact) mass is 442 g/mol. The van der Waals surface area contributed by atoms with Gasteiger partial charge in [-0.05, 0) is 43.5 Å². The number of aromatic amines is 1. The Kier molecular flexibility index (Phi) is 5.67. The second kappa shape index (κ2) is 8.25. The number of anilines is 1. The van der Waals surface area contributed by atoms with Gasteiger partial charge >= 0.3 is 5.91 Å². The third-order valence-electron chi connectivity index (χ3n) is 5.70. The molecule has 0 radical (unpaired) electrons. The van der Waals surface area contributed by atoms with Crippen molar-refractivity contribution in [2.24, 2.45) is 5.92 Å². The van der Waals surface area contributed by atoms with Gasteiger partial charge in [0, 0.05) is 34.9 Å². The summed E-state index contributed by atoms with van der Waals surface area (Å²) in [5.41, 5.74) is 3.51. The fourth-order valence-corrected chi connectivity index (χ4v) is 4.68. The number of nitrogens with one attached hydrogen (secondary N) is 3. The number of ketones is 1. The molecule has 3 N–H and O–H groups in total. The highest BCUT2D eigenvalue weighted by molar-refractivity contribution is 6.42. The Morgan fingerprint density at radius 3 is 2.80 bits per heavy atom. The molecule has 2 aliphatic rings. The first-order chi connectivity index (χ1) is 14.4. The minimum Gasteiger partial charge on any atom is -0.362 e. The van der Waals surface area contributed by atoms with Gasteiger partial charge in [-0.3, -0.25) is 4.79 Å². The molecule has 0 fully saturated rings. The molecule has 1 aromatic heterocycles. The van der Waals surface area contributed by atoms with E-state index in [1.54, 1.807) is 18.3 Å². The maximum atomic E-state index is 13.4. The predicted octanol–water partition coefficient (Wildman–Crippen LogP) is 4.58. The molecule has 5 nitrogen and oxygen atoms in total. The molecule has 1 amide bonds. The number of aryl methyl sites for hydroxylation is 1. The van der Waals surface area contributed by atoms with E-state index in [1.807, 2.05) is 25.1 Å². The van der Waals surface area contributed by atoms with Crippen LogP contribution in [0.5, 0.6) is 0 Å². The van der Waals surface area contributed by atoms with Crippen LogP contribution in [0.1, 0.15) is 36.3 Å². The SMILES string of the molecule is C=C1NC2=C(C(=O)CCC2)C(c2cccc(Cl)c2Cl)C1C(=O)Nc1[nH+]cccc1C. The van der Waals surface area contributed by atoms with E-state index in [-0.39, 0.29) is 11.7 Å². The first kappa shape index (κ1) is 20.6. The molecule has 154 valence electrons. The van der Waals surface area contributed by atoms with Gasteiger partial charge in [-0.1, -0.05) is 41.9 Å². The maximum Gasteiger partial charge on any atom is 0.317 e. The van der Waals surface area contributed by atoms with Crippen molar-refractivity contribution < 1.29 is 14.6 Å². The average molecular weight is 443 g/mol. The molecule has 7 heteroatoms. The minimum absolute atomic E-state index is 0.0255. The van der Waals surface area contributed by atoms with Gasteiger partial charge in [-0.2, -0.15) is 0 Å². The van der Waals surface area contributed by atoms with E-state index < -0.39 is 11.8 Å². The van der Waals surface area contributed by atoms with Crippen molar-refractivity contribution in [3.05, 3.63) is 81.2 Å². The van der Waals surface area contributed by atoms with Crippen molar-refractivity contribution in [2.45, 2.75) is 32.1 Å². The van der Waals surface area contributed by atoms with Gasteiger partial charge in [0.05, 0.1) is 16.2 Å². The molecule has 0 bridgehead atoms. The van der Waals surface area contributed by atoms with Gasteiger partial charge in [0.2, 0.25) is 0 Å². The highest BCUT2D eigenvalue weighted by Gasteiger charge is 2.45. The first-order valence-electron chi connectivity index (χ1n) is 9.82. The van der Waals surface area contributed by atoms with E-state index in [9.17, 15) is 9.59 Å². The summed E-state index contributed by atoms with van der Waals surface area (Å²) in [6.07, 6.45) is 3.69. The van der Waals surface area contributed by atoms with Gasteiger partial charge in [0.15, 0.2) is 5.78 Å². The lowest BCUT2D eigenvalue weighted by Crippen LogP contribution is -2.43. The van der Waals surface area contributed by atoms with Crippen molar-refractivity contribution >= 4 is 40.7 Å². The zero-order valence-electron chi connectivity index (χ0n) is 16.5. The third kappa shape index (κ3) is 3.64. The summed E-state index contributed by atoms with van der Waals surface area (Å²) in [4.78, 5) is 29.5. The fourth-order valence-electron chi connectivity index (χ4n) is 4.26. The molecular formula is C23H22Cl2N3O2+. The second-order valence-electron chi connectivity index (χ2n) is 7.63. The van der Waals surface area contributed by atoms with Crippen LogP contribution < -0.4 is 15.6 Å². The Balaban J connectivity index is 1.83. The Bertz CT molecular complexity index is 1090. The number of carbonyl (C=O) groups excluding carboxylic acids is 2. The summed E-state index contributed by atoms with van der Waals surface area (Å²) < 4.78 is 0. The summed E-state index contributed by atoms with van der Waals surface area (Å²) in [6, 6.07) is 9.06. The standard InChI is InChI=1S/C23H21Cl2N3O2/c1-12-6-5-11-26-22(12)28-23(30)18-13(2)27-16-9-4-10-17(29)20(16)19(18)14-7-3-8-15(24)21(14)25/h3,5-8,11,18-19,27H,2,4,9-10H2,1H3,(H,26,28,30)/p+1. The summed E-state index contributed by atoms with van der Waals surface area (Å²) in [5.74, 6) is -0.936. The number of hydrogen-bond donors (Lipinski definition) is 2. The van der Waals surface area contributed by atoms with Crippen molar-refractivity contribution in [3.63, 3.8) is 0 Å². The summed E-state index contributed by atoms with van der Waals surface area (Å²) in [7, 11) is 0. The zero-order chi connectivity index (χ0) is 21.4. The molecule has 30 heavy (non-hydrogen) atoms. The van der Waals surface area contributed by atoms with E-state index in [2.05, 4.69) is 22.2 Å². The van der Waals surface area contributed by atoms with Crippen molar-refractivity contribution in [2.75, 3.05) is 5.32 Å². The number of amides is 1. The summed E-state index contributed by atoms with van der Waals surface area (Å²) in [5, 5.41) is 6.92. The highest BCUT2D eigenvalue weighted by atomic mass is 35.5. The molecule has 4 rings (SSSR count). The van der Waals surface area contributed by atoms with Crippen LogP contribution in [0, 0.1) is 12.8 Å². The van der Waals surface area contributed by atoms with Crippen LogP contribution in [0.25, 0.3) is 0 Å². The summed E-state index contributed by atoms with van der Waals surface area (Å²) >= 11 is 12.8. The van der Waals surface area contributed by atoms with Crippen LogP contribution in [0.15, 0.2) is 60.1 Å². The molecule has 0 saturated heterocycles. The molecule has 0 saturated carbocycles. The lowest BCUT2D eigenvalue weighted by molar-refractivity contribution is -0.361. The van der Waals surface area contributed by atoms with Gasteiger partial charge in [-0.15, -0.1) is 0 Å². The minimum atomic E-state index is -0.727. The Morgan fingerprint density at radius 2 is 2.03 bits per heavy atom. The van der Waals surface area contributed by atoms with Crippen LogP contribution in [0.3, 0.4) is 0 Å². The second-order valence-corrected chi connectivity index (χ2v) is 8.42. The fraction of sp³-hybridized carbons (Fsp3) is 0.261. The maximum absolute atomic E-state index is 13.4. The van der Waals surface area contributed by atoms with E-state index >= 15 is 0 Å². The van der Waals surface area contributed by atoms with E-state index in [0.29, 0.717) is 39.1 Å². The van der Waals surface area contributed by atoms with Gasteiger partial charge in [0.1, 0.15) is 5.92 Å². The van der Waals surface area contributed by atoms with Crippen LogP contribution in [-0.4, -0.2) is 11.7 Å². The Labute approximate surface area is 185 Å². The number of Topliss-reactive ketones (excluding diaryl/α,β-unsaturated/α-hetero) is 1. The van der Waals surface area contributed by atoms with Crippen LogP contribution in [0.4, 0.5) is 5.82 Å². The Morgan fingerprint density at radius 1 is 1.23 bits per heavy atom. The number of aromatic nitrogens is 1. The zero-order valence-corrected chi connectivity index (χ0v) is 18.0. The smallest absolute Gasteiger partial charge is 0.317 e. The number of allylic oxidation sites excluding steroid dienone is 2. The predicted molar refractivity (Wildman–Crippen MR) is 117 cm³/mol. The van der Waals surface area contributed by atoms with Crippen LogP contribution >= 0.6 is 23.2 Å². The van der Waals surface area contributed by atoms with Crippen molar-refractivity contribution in [3.8, 4) is 0 Å². The quantitative estimate of drug-likeness (QED) is 0.730. The van der Waals surface area contributed by atoms with E-state index in [4.69, 9.17) is 23.2 Å². The normalized spacial score (nSPS) is 21.2. The lowest BCUT2D eigenvalue weighted by atomic mass is 9.71. The summed E-state index contributed by atoms with van der Waals surface area (Å²) in [6.45, 7) is 6.02. The Hall–Kier alpha value is -2.63. The molecule has 1 aliphatic carbocycles. The molecule has 0 spiro atoms. The average Bonchev–Trinajstić information content (AvgIpc) is 2.71. The number of benzene rings is 1. The molecule has 2 unspecified atom stereocenters. The number of hydrogen-bond acceptors (Lipinski definition) is 3. The van der Waals surface area contributed by atoms with E-state index in [1.165, 1.54) is 0 Å². The van der Waals surface area contributed by atoms with Crippen LogP contribution in [0.2, 0.25) is 10.0 Å². The molecule has 2 aromatic rings. The van der Waals surface area contributed by atoms with Crippen molar-refractivity contribution in [1.29, 1.82) is 0 Å². The van der Waals surface area contributed by atoms with E-state index in [0.717, 1.165) is 24.1 Å². The molecule has 1 aromatic carbocycles. The van der Waals surface area contributed by atoms with Crippen LogP contribution in [-0.2, 0) is 9.59 Å². The highest BCUT2D eigenvalue weighted by Crippen LogP contribution is 2.47. The number of pyridine rings is 1. The topological polar surface area (TPSA) is 72.3 Å². The number of H-pyrrole nitrogens is 1. The van der Waals surface area contributed by atoms with Crippen molar-refractivity contribution in [1.82, 2.24) is 5.32 Å². The number of rotatable bonds is 3. The lowest BCUT2D eigenvalue weighted by Gasteiger charge is -2.38. The van der Waals surface area contributed by atoms with Gasteiger partial charge < -0.3 is 5.32 Å². The molecule has 2 atom stereocenters. The molecule has 1 aliphatic heterocycles. The third-order valence-corrected chi connectivity index (χ3v) is 6.53. The number of carbonyl (C=O) groups is 2. The molecular weight excluding hydrogens is 421 g/mol. The number of halogens is 2. The van der Waals surface area contributed by atoms with Gasteiger partial charge in [-0.25, -0.2) is 15.1 Å².